The fraction of sp³-hybridized carbons (Fsp3) is 1.00. The van der Waals surface area contributed by atoms with Crippen LogP contribution in [0.15, 0.2) is 0 Å². The molecule has 100 valence electrons. The summed E-state index contributed by atoms with van der Waals surface area (Å²) in [4.78, 5) is 0. The fourth-order valence-electron chi connectivity index (χ4n) is 4.56. The van der Waals surface area contributed by atoms with Crippen LogP contribution in [0.25, 0.3) is 0 Å². The van der Waals surface area contributed by atoms with Crippen molar-refractivity contribution in [3.05, 3.63) is 0 Å². The maximum atomic E-state index is 2.60. The number of hydrogen-bond acceptors (Lipinski definition) is 0. The lowest BCUT2D eigenvalue weighted by molar-refractivity contribution is -0.0134. The first-order valence-electron chi connectivity index (χ1n) is 7.93. The molecule has 2 aliphatic carbocycles. The quantitative estimate of drug-likeness (QED) is 0.527. The predicted octanol–water partition coefficient (Wildman–Crippen LogP) is 5.95. The Bertz CT molecular complexity index is 269. The number of rotatable bonds is 1. The van der Waals surface area contributed by atoms with E-state index in [0.29, 0.717) is 16.2 Å². The zero-order valence-corrected chi connectivity index (χ0v) is 12.6. The van der Waals surface area contributed by atoms with Crippen molar-refractivity contribution < 1.29 is 0 Å². The predicted molar refractivity (Wildman–Crippen MR) is 76.2 cm³/mol. The summed E-state index contributed by atoms with van der Waals surface area (Å²) in [5.41, 5.74) is 1.90. The molecule has 0 aromatic rings. The first-order valence-corrected chi connectivity index (χ1v) is 7.93. The molecule has 0 aromatic carbocycles. The molecule has 0 amide bonds. The van der Waals surface area contributed by atoms with Crippen LogP contribution in [-0.2, 0) is 0 Å². The highest BCUT2D eigenvalue weighted by Crippen LogP contribution is 2.57. The average molecular weight is 236 g/mol. The first kappa shape index (κ1) is 13.4. The van der Waals surface area contributed by atoms with E-state index in [4.69, 9.17) is 0 Å². The molecular formula is C17H32. The third-order valence-electron chi connectivity index (χ3n) is 6.79. The van der Waals surface area contributed by atoms with Crippen molar-refractivity contribution in [2.45, 2.75) is 91.9 Å². The van der Waals surface area contributed by atoms with E-state index in [0.717, 1.165) is 0 Å². The Kier molecular flexibility index (Phi) is 3.63. The van der Waals surface area contributed by atoms with E-state index < -0.39 is 0 Å². The molecule has 0 heterocycles. The maximum absolute atomic E-state index is 2.60. The van der Waals surface area contributed by atoms with E-state index >= 15 is 0 Å². The molecular weight excluding hydrogens is 204 g/mol. The summed E-state index contributed by atoms with van der Waals surface area (Å²) < 4.78 is 0. The lowest BCUT2D eigenvalue weighted by atomic mass is 9.53. The molecule has 2 aliphatic rings. The van der Waals surface area contributed by atoms with E-state index in [2.05, 4.69) is 27.7 Å². The molecule has 2 fully saturated rings. The van der Waals surface area contributed by atoms with Crippen molar-refractivity contribution in [3.63, 3.8) is 0 Å². The average Bonchev–Trinajstić information content (AvgIpc) is 2.29. The Hall–Kier alpha value is 0. The number of fused-ring (bicyclic) bond motifs is 3. The van der Waals surface area contributed by atoms with Gasteiger partial charge in [-0.2, -0.15) is 0 Å². The lowest BCUT2D eigenvalue weighted by Crippen LogP contribution is -2.41. The van der Waals surface area contributed by atoms with Gasteiger partial charge in [0.15, 0.2) is 0 Å². The second-order valence-electron chi connectivity index (χ2n) is 7.85. The van der Waals surface area contributed by atoms with Crippen LogP contribution in [0.5, 0.6) is 0 Å². The minimum Gasteiger partial charge on any atom is -0.0648 e. The molecule has 0 spiro atoms. The smallest absolute Gasteiger partial charge is 0.0272 e. The van der Waals surface area contributed by atoms with Gasteiger partial charge in [-0.15, -0.1) is 0 Å². The molecule has 2 bridgehead atoms. The zero-order chi connectivity index (χ0) is 12.6. The topological polar surface area (TPSA) is 0 Å². The molecule has 2 saturated carbocycles. The van der Waals surface area contributed by atoms with Gasteiger partial charge in [-0.05, 0) is 54.8 Å². The summed E-state index contributed by atoms with van der Waals surface area (Å²) in [5.74, 6) is 0. The van der Waals surface area contributed by atoms with Gasteiger partial charge < -0.3 is 0 Å². The van der Waals surface area contributed by atoms with E-state index in [-0.39, 0.29) is 0 Å². The zero-order valence-electron chi connectivity index (χ0n) is 12.6. The van der Waals surface area contributed by atoms with E-state index in [1.165, 1.54) is 64.2 Å². The van der Waals surface area contributed by atoms with Gasteiger partial charge in [-0.3, -0.25) is 0 Å². The van der Waals surface area contributed by atoms with Crippen LogP contribution >= 0.6 is 0 Å². The Balaban J connectivity index is 2.27. The maximum Gasteiger partial charge on any atom is -0.0272 e. The Labute approximate surface area is 109 Å². The lowest BCUT2D eigenvalue weighted by Gasteiger charge is -2.52. The summed E-state index contributed by atoms with van der Waals surface area (Å²) in [6, 6.07) is 0. The third-order valence-corrected chi connectivity index (χ3v) is 6.79. The summed E-state index contributed by atoms with van der Waals surface area (Å²) in [6.07, 6.45) is 14.7. The molecule has 3 atom stereocenters. The van der Waals surface area contributed by atoms with Crippen molar-refractivity contribution in [1.82, 2.24) is 0 Å². The van der Waals surface area contributed by atoms with Crippen molar-refractivity contribution in [2.75, 3.05) is 0 Å². The van der Waals surface area contributed by atoms with Gasteiger partial charge in [-0.1, -0.05) is 53.4 Å². The van der Waals surface area contributed by atoms with Gasteiger partial charge in [-0.25, -0.2) is 0 Å². The van der Waals surface area contributed by atoms with Crippen LogP contribution in [-0.4, -0.2) is 0 Å². The van der Waals surface area contributed by atoms with E-state index in [1.807, 2.05) is 0 Å². The van der Waals surface area contributed by atoms with E-state index in [9.17, 15) is 0 Å². The summed E-state index contributed by atoms with van der Waals surface area (Å²) >= 11 is 0. The van der Waals surface area contributed by atoms with Crippen molar-refractivity contribution >= 4 is 0 Å². The van der Waals surface area contributed by atoms with Gasteiger partial charge in [0.2, 0.25) is 0 Å². The highest BCUT2D eigenvalue weighted by atomic mass is 14.5. The number of hydrogen-bond donors (Lipinski definition) is 0. The van der Waals surface area contributed by atoms with Crippen LogP contribution in [0.4, 0.5) is 0 Å². The highest BCUT2D eigenvalue weighted by molar-refractivity contribution is 4.96. The van der Waals surface area contributed by atoms with Crippen LogP contribution in [0.1, 0.15) is 91.9 Å². The monoisotopic (exact) mass is 236 g/mol. The molecule has 2 rings (SSSR count). The molecule has 0 saturated heterocycles. The second kappa shape index (κ2) is 4.59. The second-order valence-corrected chi connectivity index (χ2v) is 7.85. The minimum atomic E-state index is 0.603. The fourth-order valence-corrected chi connectivity index (χ4v) is 4.56. The molecule has 17 heavy (non-hydrogen) atoms. The van der Waals surface area contributed by atoms with Gasteiger partial charge in [0.25, 0.3) is 0 Å². The molecule has 0 aromatic heterocycles. The molecule has 0 N–H and O–H groups in total. The van der Waals surface area contributed by atoms with Crippen LogP contribution in [0.3, 0.4) is 0 Å². The first-order chi connectivity index (χ1) is 7.93. The molecule has 0 heteroatoms. The molecule has 0 aliphatic heterocycles. The molecule has 0 radical (unpaired) electrons. The van der Waals surface area contributed by atoms with Gasteiger partial charge in [0, 0.05) is 0 Å². The normalized spacial score (nSPS) is 48.0. The van der Waals surface area contributed by atoms with E-state index in [1.54, 1.807) is 0 Å². The van der Waals surface area contributed by atoms with Crippen molar-refractivity contribution in [1.29, 1.82) is 0 Å². The SMILES string of the molecule is CCC1(C)CCCC2(C)CCCCC1(C)CC2. The summed E-state index contributed by atoms with van der Waals surface area (Å²) in [6.45, 7) is 10.2. The standard InChI is InChI=1S/C17H32/c1-5-16(3)12-8-10-15(2)9-6-7-11-17(16,4)14-13-15/h5-14H2,1-4H3. The molecule has 0 nitrogen and oxygen atoms in total. The van der Waals surface area contributed by atoms with Crippen molar-refractivity contribution in [2.24, 2.45) is 16.2 Å². The molecule has 3 unspecified atom stereocenters. The van der Waals surface area contributed by atoms with Gasteiger partial charge in [0.05, 0.1) is 0 Å². The van der Waals surface area contributed by atoms with Crippen LogP contribution in [0.2, 0.25) is 0 Å². The Morgan fingerprint density at radius 3 is 2.06 bits per heavy atom. The largest absolute Gasteiger partial charge is 0.0648 e. The van der Waals surface area contributed by atoms with Gasteiger partial charge >= 0.3 is 0 Å². The summed E-state index contributed by atoms with van der Waals surface area (Å²) in [7, 11) is 0. The Morgan fingerprint density at radius 2 is 1.35 bits per heavy atom. The third kappa shape index (κ3) is 2.42. The van der Waals surface area contributed by atoms with Crippen LogP contribution in [0, 0.1) is 16.2 Å². The summed E-state index contributed by atoms with van der Waals surface area (Å²) in [5, 5.41) is 0. The Morgan fingerprint density at radius 1 is 0.706 bits per heavy atom. The van der Waals surface area contributed by atoms with Crippen molar-refractivity contribution in [3.8, 4) is 0 Å². The van der Waals surface area contributed by atoms with Crippen LogP contribution < -0.4 is 0 Å². The minimum absolute atomic E-state index is 0.603. The van der Waals surface area contributed by atoms with Gasteiger partial charge in [0.1, 0.15) is 0 Å². The highest BCUT2D eigenvalue weighted by Gasteiger charge is 2.45.